The van der Waals surface area contributed by atoms with Crippen molar-refractivity contribution in [2.45, 2.75) is 90.5 Å². The molecule has 0 aliphatic heterocycles. The maximum absolute atomic E-state index is 5.68. The number of alkyl halides is 1. The SMILES string of the molecule is CCCCCCCCCCCCn1cc(CCCCl)nn1. The Morgan fingerprint density at radius 1 is 0.905 bits per heavy atom. The number of unbranched alkanes of at least 4 members (excludes halogenated alkanes) is 9. The van der Waals surface area contributed by atoms with E-state index in [0.29, 0.717) is 5.88 Å². The predicted molar refractivity (Wildman–Crippen MR) is 90.9 cm³/mol. The molecule has 0 saturated carbocycles. The fourth-order valence-electron chi connectivity index (χ4n) is 2.57. The minimum atomic E-state index is 0.700. The van der Waals surface area contributed by atoms with Crippen molar-refractivity contribution in [3.63, 3.8) is 0 Å². The molecule has 0 amide bonds. The lowest BCUT2D eigenvalue weighted by atomic mass is 10.1. The van der Waals surface area contributed by atoms with Gasteiger partial charge < -0.3 is 0 Å². The summed E-state index contributed by atoms with van der Waals surface area (Å²) < 4.78 is 1.98. The first-order valence-corrected chi connectivity index (χ1v) is 9.35. The Hall–Kier alpha value is -0.570. The first kappa shape index (κ1) is 18.5. The molecule has 3 nitrogen and oxygen atoms in total. The van der Waals surface area contributed by atoms with E-state index in [1.54, 1.807) is 0 Å². The lowest BCUT2D eigenvalue weighted by molar-refractivity contribution is 0.507. The number of rotatable bonds is 14. The molecule has 1 aromatic rings. The topological polar surface area (TPSA) is 30.7 Å². The van der Waals surface area contributed by atoms with E-state index < -0.39 is 0 Å². The van der Waals surface area contributed by atoms with Crippen LogP contribution in [0.5, 0.6) is 0 Å². The van der Waals surface area contributed by atoms with Crippen LogP contribution in [-0.4, -0.2) is 20.9 Å². The van der Waals surface area contributed by atoms with Gasteiger partial charge in [-0.25, -0.2) is 0 Å². The van der Waals surface area contributed by atoms with Crippen LogP contribution in [0.25, 0.3) is 0 Å². The number of nitrogens with zero attached hydrogens (tertiary/aromatic N) is 3. The third-order valence-electron chi connectivity index (χ3n) is 3.89. The highest BCUT2D eigenvalue weighted by atomic mass is 35.5. The van der Waals surface area contributed by atoms with Crippen LogP contribution < -0.4 is 0 Å². The summed E-state index contributed by atoms with van der Waals surface area (Å²) in [6.07, 6.45) is 17.7. The fourth-order valence-corrected chi connectivity index (χ4v) is 2.71. The van der Waals surface area contributed by atoms with E-state index in [9.17, 15) is 0 Å². The van der Waals surface area contributed by atoms with Gasteiger partial charge >= 0.3 is 0 Å². The van der Waals surface area contributed by atoms with Crippen molar-refractivity contribution in [1.29, 1.82) is 0 Å². The van der Waals surface area contributed by atoms with Gasteiger partial charge in [0.05, 0.1) is 5.69 Å². The Bertz CT molecular complexity index is 339. The predicted octanol–water partition coefficient (Wildman–Crippen LogP) is 5.37. The van der Waals surface area contributed by atoms with Gasteiger partial charge in [-0.05, 0) is 19.3 Å². The van der Waals surface area contributed by atoms with Gasteiger partial charge in [0.15, 0.2) is 0 Å². The molecule has 0 saturated heterocycles. The summed E-state index contributed by atoms with van der Waals surface area (Å²) in [6, 6.07) is 0. The van der Waals surface area contributed by atoms with Gasteiger partial charge in [-0.3, -0.25) is 4.68 Å². The van der Waals surface area contributed by atoms with Crippen LogP contribution in [0, 0.1) is 0 Å². The summed E-state index contributed by atoms with van der Waals surface area (Å²) in [5.41, 5.74) is 1.07. The zero-order valence-corrected chi connectivity index (χ0v) is 14.5. The maximum atomic E-state index is 5.68. The third-order valence-corrected chi connectivity index (χ3v) is 4.16. The minimum Gasteiger partial charge on any atom is -0.252 e. The van der Waals surface area contributed by atoms with Crippen molar-refractivity contribution >= 4 is 11.6 Å². The smallest absolute Gasteiger partial charge is 0.0827 e. The Morgan fingerprint density at radius 3 is 2.14 bits per heavy atom. The number of aryl methyl sites for hydroxylation is 2. The van der Waals surface area contributed by atoms with Crippen molar-refractivity contribution in [1.82, 2.24) is 15.0 Å². The third kappa shape index (κ3) is 9.89. The van der Waals surface area contributed by atoms with Crippen LogP contribution in [0.3, 0.4) is 0 Å². The van der Waals surface area contributed by atoms with Gasteiger partial charge in [-0.1, -0.05) is 69.9 Å². The Morgan fingerprint density at radius 2 is 1.52 bits per heavy atom. The molecule has 1 heterocycles. The van der Waals surface area contributed by atoms with Crippen LogP contribution >= 0.6 is 11.6 Å². The molecule has 0 aliphatic rings. The maximum Gasteiger partial charge on any atom is 0.0827 e. The molecule has 0 aliphatic carbocycles. The second-order valence-electron chi connectivity index (χ2n) is 5.95. The Labute approximate surface area is 135 Å². The largest absolute Gasteiger partial charge is 0.252 e. The second kappa shape index (κ2) is 13.1. The fraction of sp³-hybridized carbons (Fsp3) is 0.882. The highest BCUT2D eigenvalue weighted by molar-refractivity contribution is 6.17. The molecule has 0 bridgehead atoms. The van der Waals surface area contributed by atoms with Crippen LogP contribution in [0.2, 0.25) is 0 Å². The van der Waals surface area contributed by atoms with Crippen molar-refractivity contribution in [3.05, 3.63) is 11.9 Å². The zero-order chi connectivity index (χ0) is 15.2. The van der Waals surface area contributed by atoms with E-state index in [0.717, 1.165) is 25.1 Å². The number of hydrogen-bond donors (Lipinski definition) is 0. The molecule has 1 rings (SSSR count). The highest BCUT2D eigenvalue weighted by Gasteiger charge is 2.00. The number of halogens is 1. The van der Waals surface area contributed by atoms with Crippen molar-refractivity contribution in [3.8, 4) is 0 Å². The summed E-state index contributed by atoms with van der Waals surface area (Å²) in [4.78, 5) is 0. The van der Waals surface area contributed by atoms with Gasteiger partial charge in [0, 0.05) is 18.6 Å². The van der Waals surface area contributed by atoms with Gasteiger partial charge in [0.25, 0.3) is 0 Å². The molecule has 0 N–H and O–H groups in total. The lowest BCUT2D eigenvalue weighted by Gasteiger charge is -2.02. The molecule has 0 aromatic carbocycles. The molecule has 0 atom stereocenters. The zero-order valence-electron chi connectivity index (χ0n) is 13.7. The van der Waals surface area contributed by atoms with Gasteiger partial charge in [-0.2, -0.15) is 0 Å². The molecule has 1 aromatic heterocycles. The molecule has 0 spiro atoms. The quantitative estimate of drug-likeness (QED) is 0.341. The average molecular weight is 314 g/mol. The van der Waals surface area contributed by atoms with Gasteiger partial charge in [-0.15, -0.1) is 16.7 Å². The van der Waals surface area contributed by atoms with E-state index in [1.807, 2.05) is 4.68 Å². The summed E-state index contributed by atoms with van der Waals surface area (Å²) >= 11 is 5.68. The van der Waals surface area contributed by atoms with E-state index in [1.165, 1.54) is 64.2 Å². The van der Waals surface area contributed by atoms with Crippen molar-refractivity contribution in [2.24, 2.45) is 0 Å². The Balaban J connectivity index is 1.91. The van der Waals surface area contributed by atoms with Crippen LogP contribution in [-0.2, 0) is 13.0 Å². The molecule has 0 radical (unpaired) electrons. The van der Waals surface area contributed by atoms with Crippen LogP contribution in [0.1, 0.15) is 83.2 Å². The number of aromatic nitrogens is 3. The molecule has 0 unspecified atom stereocenters. The summed E-state index contributed by atoms with van der Waals surface area (Å²) in [7, 11) is 0. The van der Waals surface area contributed by atoms with Gasteiger partial charge in [0.1, 0.15) is 0 Å². The highest BCUT2D eigenvalue weighted by Crippen LogP contribution is 2.11. The van der Waals surface area contributed by atoms with Crippen molar-refractivity contribution < 1.29 is 0 Å². The standard InChI is InChI=1S/C17H32ClN3/c1-2-3-4-5-6-7-8-9-10-11-15-21-16-17(19-20-21)13-12-14-18/h16H,2-15H2,1H3. The summed E-state index contributed by atoms with van der Waals surface area (Å²) in [6.45, 7) is 3.28. The summed E-state index contributed by atoms with van der Waals surface area (Å²) in [5.74, 6) is 0.700. The lowest BCUT2D eigenvalue weighted by Crippen LogP contribution is -1.98. The Kier molecular flexibility index (Phi) is 11.5. The van der Waals surface area contributed by atoms with Crippen LogP contribution in [0.4, 0.5) is 0 Å². The van der Waals surface area contributed by atoms with E-state index in [2.05, 4.69) is 23.4 Å². The monoisotopic (exact) mass is 313 g/mol. The molecular formula is C17H32ClN3. The van der Waals surface area contributed by atoms with E-state index in [-0.39, 0.29) is 0 Å². The minimum absolute atomic E-state index is 0.700. The molecule has 122 valence electrons. The van der Waals surface area contributed by atoms with E-state index >= 15 is 0 Å². The summed E-state index contributed by atoms with van der Waals surface area (Å²) in [5, 5.41) is 8.34. The first-order valence-electron chi connectivity index (χ1n) is 8.81. The van der Waals surface area contributed by atoms with E-state index in [4.69, 9.17) is 11.6 Å². The second-order valence-corrected chi connectivity index (χ2v) is 6.33. The van der Waals surface area contributed by atoms with Crippen LogP contribution in [0.15, 0.2) is 6.20 Å². The van der Waals surface area contributed by atoms with Crippen molar-refractivity contribution in [2.75, 3.05) is 5.88 Å². The molecule has 4 heteroatoms. The molecular weight excluding hydrogens is 282 g/mol. The molecule has 21 heavy (non-hydrogen) atoms. The first-order chi connectivity index (χ1) is 10.4. The average Bonchev–Trinajstić information content (AvgIpc) is 2.95. The molecule has 0 fully saturated rings. The normalized spacial score (nSPS) is 11.1. The number of hydrogen-bond acceptors (Lipinski definition) is 2. The van der Waals surface area contributed by atoms with Gasteiger partial charge in [0.2, 0.25) is 0 Å².